The van der Waals surface area contributed by atoms with Crippen molar-refractivity contribution in [2.24, 2.45) is 7.05 Å². The van der Waals surface area contributed by atoms with Crippen LogP contribution >= 0.6 is 11.8 Å². The summed E-state index contributed by atoms with van der Waals surface area (Å²) in [5.74, 6) is 2.99. The third-order valence-corrected chi connectivity index (χ3v) is 3.87. The Hall–Kier alpha value is -1.90. The van der Waals surface area contributed by atoms with Crippen LogP contribution in [0.3, 0.4) is 0 Å². The number of hydrogen-bond donors (Lipinski definition) is 2. The summed E-state index contributed by atoms with van der Waals surface area (Å²) < 4.78 is 2.02. The second-order valence-electron chi connectivity index (χ2n) is 4.43. The first-order chi connectivity index (χ1) is 9.13. The Labute approximate surface area is 114 Å². The molecule has 0 spiro atoms. The molecule has 8 nitrogen and oxygen atoms in total. The van der Waals surface area contributed by atoms with Crippen molar-refractivity contribution in [1.82, 2.24) is 29.7 Å². The first-order valence-electron chi connectivity index (χ1n) is 5.91. The molecule has 100 valence electrons. The minimum atomic E-state index is 0.139. The molecule has 0 amide bonds. The molecule has 0 unspecified atom stereocenters. The number of hydrogen-bond acceptors (Lipinski definition) is 8. The summed E-state index contributed by atoms with van der Waals surface area (Å²) in [5, 5.41) is 9.24. The molecular weight excluding hydrogens is 264 g/mol. The highest BCUT2D eigenvalue weighted by atomic mass is 32.2. The van der Waals surface area contributed by atoms with E-state index >= 15 is 0 Å². The van der Waals surface area contributed by atoms with E-state index in [1.807, 2.05) is 11.6 Å². The third kappa shape index (κ3) is 2.60. The van der Waals surface area contributed by atoms with Gasteiger partial charge < -0.3 is 16.0 Å². The Balaban J connectivity index is 1.71. The summed E-state index contributed by atoms with van der Waals surface area (Å²) >= 11 is 1.51. The van der Waals surface area contributed by atoms with Crippen molar-refractivity contribution in [3.8, 4) is 0 Å². The van der Waals surface area contributed by atoms with Gasteiger partial charge in [-0.3, -0.25) is 0 Å². The van der Waals surface area contributed by atoms with Crippen molar-refractivity contribution >= 4 is 23.7 Å². The van der Waals surface area contributed by atoms with E-state index in [1.165, 1.54) is 24.6 Å². The van der Waals surface area contributed by atoms with Gasteiger partial charge in [-0.1, -0.05) is 11.8 Å². The van der Waals surface area contributed by atoms with Crippen LogP contribution in [0.4, 0.5) is 11.9 Å². The number of nitrogen functional groups attached to an aromatic ring is 2. The van der Waals surface area contributed by atoms with Gasteiger partial charge in [0.25, 0.3) is 0 Å². The summed E-state index contributed by atoms with van der Waals surface area (Å²) in [7, 11) is 1.98. The minimum absolute atomic E-state index is 0.139. The van der Waals surface area contributed by atoms with Gasteiger partial charge in [0, 0.05) is 13.0 Å². The van der Waals surface area contributed by atoms with Crippen LogP contribution in [0.1, 0.15) is 30.4 Å². The Kier molecular flexibility index (Phi) is 2.97. The molecule has 0 bridgehead atoms. The number of thioether (sulfide) groups is 1. The smallest absolute Gasteiger partial charge is 0.225 e. The van der Waals surface area contributed by atoms with E-state index < -0.39 is 0 Å². The predicted molar refractivity (Wildman–Crippen MR) is 71.2 cm³/mol. The van der Waals surface area contributed by atoms with Crippen LogP contribution in [-0.2, 0) is 12.8 Å². The molecule has 1 aliphatic rings. The molecule has 2 aromatic heterocycles. The van der Waals surface area contributed by atoms with Crippen LogP contribution in [-0.4, -0.2) is 29.7 Å². The Morgan fingerprint density at radius 3 is 2.47 bits per heavy atom. The quantitative estimate of drug-likeness (QED) is 0.767. The Bertz CT molecular complexity index is 585. The maximum Gasteiger partial charge on any atom is 0.225 e. The van der Waals surface area contributed by atoms with Crippen LogP contribution in [0.25, 0.3) is 0 Å². The fourth-order valence-corrected chi connectivity index (χ4v) is 2.57. The van der Waals surface area contributed by atoms with E-state index in [0.717, 1.165) is 11.0 Å². The molecule has 3 rings (SSSR count). The molecule has 0 saturated heterocycles. The summed E-state index contributed by atoms with van der Waals surface area (Å²) in [6.45, 7) is 0. The fourth-order valence-electron chi connectivity index (χ4n) is 1.80. The van der Waals surface area contributed by atoms with E-state index in [4.69, 9.17) is 11.5 Å². The van der Waals surface area contributed by atoms with Crippen LogP contribution in [0.15, 0.2) is 5.16 Å². The molecule has 1 saturated carbocycles. The molecule has 19 heavy (non-hydrogen) atoms. The average Bonchev–Trinajstić information content (AvgIpc) is 3.11. The molecular formula is C10H14N8S. The van der Waals surface area contributed by atoms with Gasteiger partial charge in [0.2, 0.25) is 11.9 Å². The van der Waals surface area contributed by atoms with Gasteiger partial charge in [-0.15, -0.1) is 10.2 Å². The first kappa shape index (κ1) is 12.2. The van der Waals surface area contributed by atoms with Gasteiger partial charge in [-0.2, -0.15) is 15.0 Å². The topological polar surface area (TPSA) is 121 Å². The van der Waals surface area contributed by atoms with Crippen LogP contribution in [0.2, 0.25) is 0 Å². The van der Waals surface area contributed by atoms with Crippen molar-refractivity contribution in [1.29, 1.82) is 0 Å². The number of aromatic nitrogens is 6. The third-order valence-electron chi connectivity index (χ3n) is 2.86. The highest BCUT2D eigenvalue weighted by molar-refractivity contribution is 7.98. The van der Waals surface area contributed by atoms with Crippen molar-refractivity contribution in [2.75, 3.05) is 11.5 Å². The van der Waals surface area contributed by atoms with Crippen molar-refractivity contribution < 1.29 is 0 Å². The average molecular weight is 278 g/mol. The van der Waals surface area contributed by atoms with Crippen molar-refractivity contribution in [3.05, 3.63) is 11.6 Å². The van der Waals surface area contributed by atoms with E-state index in [9.17, 15) is 0 Å². The van der Waals surface area contributed by atoms with Crippen molar-refractivity contribution in [3.63, 3.8) is 0 Å². The number of anilines is 2. The van der Waals surface area contributed by atoms with Gasteiger partial charge >= 0.3 is 0 Å². The van der Waals surface area contributed by atoms with E-state index in [1.54, 1.807) is 0 Å². The SMILES string of the molecule is Cn1c(SCc2nc(N)nc(N)n2)nnc1C1CC1. The predicted octanol–water partition coefficient (Wildman–Crippen LogP) is 0.334. The molecule has 0 aromatic carbocycles. The molecule has 1 aliphatic carbocycles. The van der Waals surface area contributed by atoms with Gasteiger partial charge in [0.05, 0.1) is 5.75 Å². The van der Waals surface area contributed by atoms with Gasteiger partial charge in [-0.05, 0) is 12.8 Å². The lowest BCUT2D eigenvalue weighted by atomic mass is 10.4. The summed E-state index contributed by atoms with van der Waals surface area (Å²) in [4.78, 5) is 11.8. The molecule has 0 radical (unpaired) electrons. The zero-order valence-corrected chi connectivity index (χ0v) is 11.3. The molecule has 4 N–H and O–H groups in total. The largest absolute Gasteiger partial charge is 0.368 e. The first-order valence-corrected chi connectivity index (χ1v) is 6.90. The number of nitrogens with zero attached hydrogens (tertiary/aromatic N) is 6. The standard InChI is InChI=1S/C10H14N8S/c1-18-7(5-2-3-5)16-17-10(18)19-4-6-13-8(11)15-9(12)14-6/h5H,2-4H2,1H3,(H4,11,12,13,14,15). The molecule has 2 aromatic rings. The van der Waals surface area contributed by atoms with Gasteiger partial charge in [-0.25, -0.2) is 0 Å². The maximum atomic E-state index is 5.53. The monoisotopic (exact) mass is 278 g/mol. The highest BCUT2D eigenvalue weighted by Crippen LogP contribution is 2.39. The lowest BCUT2D eigenvalue weighted by Crippen LogP contribution is -2.06. The summed E-state index contributed by atoms with van der Waals surface area (Å²) in [5.41, 5.74) is 11.1. The minimum Gasteiger partial charge on any atom is -0.368 e. The highest BCUT2D eigenvalue weighted by Gasteiger charge is 2.29. The number of nitrogens with two attached hydrogens (primary N) is 2. The zero-order chi connectivity index (χ0) is 13.4. The van der Waals surface area contributed by atoms with E-state index in [2.05, 4.69) is 25.1 Å². The Morgan fingerprint density at radius 2 is 1.84 bits per heavy atom. The van der Waals surface area contributed by atoms with Crippen LogP contribution in [0, 0.1) is 0 Å². The van der Waals surface area contributed by atoms with Gasteiger partial charge in [0.15, 0.2) is 5.16 Å². The fraction of sp³-hybridized carbons (Fsp3) is 0.500. The molecule has 2 heterocycles. The number of rotatable bonds is 4. The normalized spacial score (nSPS) is 14.8. The summed E-state index contributed by atoms with van der Waals surface area (Å²) in [6.07, 6.45) is 2.41. The lowest BCUT2D eigenvalue weighted by molar-refractivity contribution is 0.736. The van der Waals surface area contributed by atoms with Gasteiger partial charge in [0.1, 0.15) is 11.6 Å². The Morgan fingerprint density at radius 1 is 1.16 bits per heavy atom. The van der Waals surface area contributed by atoms with E-state index in [-0.39, 0.29) is 11.9 Å². The molecule has 0 aliphatic heterocycles. The molecule has 0 atom stereocenters. The zero-order valence-electron chi connectivity index (χ0n) is 10.4. The lowest BCUT2D eigenvalue weighted by Gasteiger charge is -2.03. The second-order valence-corrected chi connectivity index (χ2v) is 5.37. The van der Waals surface area contributed by atoms with Crippen LogP contribution in [0.5, 0.6) is 0 Å². The molecule has 1 fully saturated rings. The van der Waals surface area contributed by atoms with Crippen molar-refractivity contribution in [2.45, 2.75) is 29.7 Å². The van der Waals surface area contributed by atoms with E-state index in [0.29, 0.717) is 17.5 Å². The van der Waals surface area contributed by atoms with Crippen LogP contribution < -0.4 is 11.5 Å². The second kappa shape index (κ2) is 4.65. The summed E-state index contributed by atoms with van der Waals surface area (Å²) in [6, 6.07) is 0. The maximum absolute atomic E-state index is 5.53. The molecule has 9 heteroatoms.